The zero-order valence-corrected chi connectivity index (χ0v) is 5.92. The smallest absolute Gasteiger partial charge is 0.0908 e. The summed E-state index contributed by atoms with van der Waals surface area (Å²) in [6, 6.07) is 1.98. The fraction of sp³-hybridized carbons (Fsp3) is 0.625. The van der Waals surface area contributed by atoms with E-state index in [1.807, 2.05) is 12.1 Å². The SMILES string of the molecule is N#C/C=C/[C@@H]1CCCOC1. The number of hydrogen-bond donors (Lipinski definition) is 0. The second-order valence-corrected chi connectivity index (χ2v) is 2.47. The molecule has 0 bridgehead atoms. The Morgan fingerprint density at radius 1 is 1.60 bits per heavy atom. The summed E-state index contributed by atoms with van der Waals surface area (Å²) in [5.74, 6) is 0.480. The summed E-state index contributed by atoms with van der Waals surface area (Å²) < 4.78 is 5.22. The van der Waals surface area contributed by atoms with E-state index in [4.69, 9.17) is 10.00 Å². The van der Waals surface area contributed by atoms with Crippen molar-refractivity contribution in [3.8, 4) is 6.07 Å². The summed E-state index contributed by atoms with van der Waals surface area (Å²) in [4.78, 5) is 0. The number of allylic oxidation sites excluding steroid dienone is 1. The highest BCUT2D eigenvalue weighted by Crippen LogP contribution is 2.13. The van der Waals surface area contributed by atoms with Crippen molar-refractivity contribution in [3.63, 3.8) is 0 Å². The lowest BCUT2D eigenvalue weighted by Crippen LogP contribution is -2.14. The number of rotatable bonds is 1. The molecule has 0 unspecified atom stereocenters. The van der Waals surface area contributed by atoms with E-state index in [0.717, 1.165) is 26.1 Å². The monoisotopic (exact) mass is 137 g/mol. The van der Waals surface area contributed by atoms with Crippen LogP contribution in [0, 0.1) is 17.2 Å². The van der Waals surface area contributed by atoms with Crippen molar-refractivity contribution in [1.82, 2.24) is 0 Å². The van der Waals surface area contributed by atoms with Gasteiger partial charge in [-0.05, 0) is 12.8 Å². The van der Waals surface area contributed by atoms with Crippen molar-refractivity contribution >= 4 is 0 Å². The molecule has 0 amide bonds. The minimum atomic E-state index is 0.480. The van der Waals surface area contributed by atoms with Crippen LogP contribution in [0.5, 0.6) is 0 Å². The predicted molar refractivity (Wildman–Crippen MR) is 38.3 cm³/mol. The van der Waals surface area contributed by atoms with Gasteiger partial charge in [0.25, 0.3) is 0 Å². The van der Waals surface area contributed by atoms with Crippen LogP contribution in [0.2, 0.25) is 0 Å². The molecule has 2 heteroatoms. The van der Waals surface area contributed by atoms with Crippen molar-refractivity contribution in [2.45, 2.75) is 12.8 Å². The molecule has 1 heterocycles. The van der Waals surface area contributed by atoms with E-state index < -0.39 is 0 Å². The number of hydrogen-bond acceptors (Lipinski definition) is 2. The van der Waals surface area contributed by atoms with E-state index in [1.165, 1.54) is 0 Å². The third-order valence-electron chi connectivity index (χ3n) is 1.64. The molecule has 10 heavy (non-hydrogen) atoms. The first-order valence-electron chi connectivity index (χ1n) is 3.57. The Kier molecular flexibility index (Phi) is 2.98. The summed E-state index contributed by atoms with van der Waals surface area (Å²) in [6.07, 6.45) is 5.76. The summed E-state index contributed by atoms with van der Waals surface area (Å²) in [6.45, 7) is 1.68. The Morgan fingerprint density at radius 2 is 2.50 bits per heavy atom. The van der Waals surface area contributed by atoms with Crippen molar-refractivity contribution < 1.29 is 4.74 Å². The number of nitriles is 1. The minimum Gasteiger partial charge on any atom is -0.381 e. The maximum atomic E-state index is 8.22. The van der Waals surface area contributed by atoms with Gasteiger partial charge < -0.3 is 4.74 Å². The van der Waals surface area contributed by atoms with Gasteiger partial charge in [0.15, 0.2) is 0 Å². The molecule has 1 aliphatic heterocycles. The van der Waals surface area contributed by atoms with Crippen LogP contribution in [0.4, 0.5) is 0 Å². The third kappa shape index (κ3) is 2.20. The first kappa shape index (κ1) is 7.30. The second kappa shape index (κ2) is 4.08. The van der Waals surface area contributed by atoms with Gasteiger partial charge in [0, 0.05) is 18.6 Å². The predicted octanol–water partition coefficient (Wildman–Crippen LogP) is 1.49. The zero-order valence-electron chi connectivity index (χ0n) is 5.92. The number of nitrogens with zero attached hydrogens (tertiary/aromatic N) is 1. The normalized spacial score (nSPS) is 26.5. The fourth-order valence-corrected chi connectivity index (χ4v) is 1.10. The summed E-state index contributed by atoms with van der Waals surface area (Å²) in [5, 5.41) is 8.22. The van der Waals surface area contributed by atoms with Crippen molar-refractivity contribution in [1.29, 1.82) is 5.26 Å². The van der Waals surface area contributed by atoms with Crippen molar-refractivity contribution in [2.75, 3.05) is 13.2 Å². The molecule has 0 N–H and O–H groups in total. The van der Waals surface area contributed by atoms with Crippen LogP contribution in [0.25, 0.3) is 0 Å². The van der Waals surface area contributed by atoms with Gasteiger partial charge in [-0.15, -0.1) is 0 Å². The lowest BCUT2D eigenvalue weighted by atomic mass is 10.0. The maximum absolute atomic E-state index is 8.22. The van der Waals surface area contributed by atoms with Gasteiger partial charge >= 0.3 is 0 Å². The van der Waals surface area contributed by atoms with Gasteiger partial charge in [0.2, 0.25) is 0 Å². The minimum absolute atomic E-state index is 0.480. The second-order valence-electron chi connectivity index (χ2n) is 2.47. The van der Waals surface area contributed by atoms with E-state index in [-0.39, 0.29) is 0 Å². The van der Waals surface area contributed by atoms with E-state index in [0.29, 0.717) is 5.92 Å². The molecule has 0 aromatic carbocycles. The van der Waals surface area contributed by atoms with Gasteiger partial charge in [0.05, 0.1) is 12.7 Å². The van der Waals surface area contributed by atoms with Gasteiger partial charge in [-0.2, -0.15) is 5.26 Å². The van der Waals surface area contributed by atoms with Crippen molar-refractivity contribution in [3.05, 3.63) is 12.2 Å². The Labute approximate surface area is 61.1 Å². The molecule has 0 radical (unpaired) electrons. The van der Waals surface area contributed by atoms with E-state index in [2.05, 4.69) is 0 Å². The van der Waals surface area contributed by atoms with Gasteiger partial charge in [-0.3, -0.25) is 0 Å². The van der Waals surface area contributed by atoms with E-state index in [1.54, 1.807) is 6.08 Å². The molecule has 0 saturated carbocycles. The zero-order chi connectivity index (χ0) is 7.23. The fourth-order valence-electron chi connectivity index (χ4n) is 1.10. The largest absolute Gasteiger partial charge is 0.381 e. The van der Waals surface area contributed by atoms with Crippen LogP contribution in [0.15, 0.2) is 12.2 Å². The molecule has 54 valence electrons. The van der Waals surface area contributed by atoms with Gasteiger partial charge in [-0.1, -0.05) is 6.08 Å². The van der Waals surface area contributed by atoms with Crippen LogP contribution in [0.3, 0.4) is 0 Å². The first-order chi connectivity index (χ1) is 4.93. The average molecular weight is 137 g/mol. The topological polar surface area (TPSA) is 33.0 Å². The van der Waals surface area contributed by atoms with Crippen LogP contribution in [-0.4, -0.2) is 13.2 Å². The summed E-state index contributed by atoms with van der Waals surface area (Å²) in [5.41, 5.74) is 0. The Balaban J connectivity index is 2.27. The Hall–Kier alpha value is -0.810. The standard InChI is InChI=1S/C8H11NO/c9-5-1-3-8-4-2-6-10-7-8/h1,3,8H,2,4,6-7H2/b3-1+/t8-/m1/s1. The molecular formula is C8H11NO. The maximum Gasteiger partial charge on any atom is 0.0908 e. The van der Waals surface area contributed by atoms with Crippen LogP contribution in [-0.2, 0) is 4.74 Å². The summed E-state index contributed by atoms with van der Waals surface area (Å²) >= 11 is 0. The molecule has 0 aromatic heterocycles. The Morgan fingerprint density at radius 3 is 3.10 bits per heavy atom. The first-order valence-corrected chi connectivity index (χ1v) is 3.57. The third-order valence-corrected chi connectivity index (χ3v) is 1.64. The highest BCUT2D eigenvalue weighted by molar-refractivity contribution is 5.04. The van der Waals surface area contributed by atoms with E-state index >= 15 is 0 Å². The lowest BCUT2D eigenvalue weighted by molar-refractivity contribution is 0.0710. The van der Waals surface area contributed by atoms with Gasteiger partial charge in [-0.25, -0.2) is 0 Å². The molecular weight excluding hydrogens is 126 g/mol. The van der Waals surface area contributed by atoms with Crippen molar-refractivity contribution in [2.24, 2.45) is 5.92 Å². The lowest BCUT2D eigenvalue weighted by Gasteiger charge is -2.17. The molecule has 0 aromatic rings. The van der Waals surface area contributed by atoms with Gasteiger partial charge in [0.1, 0.15) is 0 Å². The molecule has 1 aliphatic rings. The molecule has 1 saturated heterocycles. The quantitative estimate of drug-likeness (QED) is 0.513. The summed E-state index contributed by atoms with van der Waals surface area (Å²) in [7, 11) is 0. The molecule has 1 fully saturated rings. The molecule has 0 spiro atoms. The highest BCUT2D eigenvalue weighted by atomic mass is 16.5. The van der Waals surface area contributed by atoms with Crippen LogP contribution in [0.1, 0.15) is 12.8 Å². The molecule has 1 rings (SSSR count). The van der Waals surface area contributed by atoms with Crippen LogP contribution >= 0.6 is 0 Å². The average Bonchev–Trinajstić information content (AvgIpc) is 2.03. The van der Waals surface area contributed by atoms with Crippen LogP contribution < -0.4 is 0 Å². The molecule has 2 nitrogen and oxygen atoms in total. The number of ether oxygens (including phenoxy) is 1. The Bertz CT molecular complexity index is 151. The van der Waals surface area contributed by atoms with E-state index in [9.17, 15) is 0 Å². The molecule has 0 aliphatic carbocycles. The highest BCUT2D eigenvalue weighted by Gasteiger charge is 2.09. The molecule has 1 atom stereocenters.